The quantitative estimate of drug-likeness (QED) is 0.458. The maximum atomic E-state index is 12.8. The number of carbonyl (C=O) groups excluding carboxylic acids is 1. The third-order valence-corrected chi connectivity index (χ3v) is 4.90. The van der Waals surface area contributed by atoms with Crippen LogP contribution < -0.4 is 5.32 Å². The Hall–Kier alpha value is -2.34. The van der Waals surface area contributed by atoms with Crippen LogP contribution in [0.15, 0.2) is 48.5 Å². The summed E-state index contributed by atoms with van der Waals surface area (Å²) in [5.41, 5.74) is 4.82. The van der Waals surface area contributed by atoms with Crippen LogP contribution in [0.25, 0.3) is 16.9 Å². The lowest BCUT2D eigenvalue weighted by Crippen LogP contribution is -2.35. The van der Waals surface area contributed by atoms with Crippen molar-refractivity contribution in [1.82, 2.24) is 15.1 Å². The molecule has 0 saturated carbocycles. The fourth-order valence-corrected chi connectivity index (χ4v) is 3.24. The number of benzene rings is 2. The van der Waals surface area contributed by atoms with Crippen molar-refractivity contribution in [2.75, 3.05) is 6.61 Å². The molecule has 3 rings (SSSR count). The number of aromatic nitrogens is 2. The van der Waals surface area contributed by atoms with Crippen molar-refractivity contribution < 1.29 is 9.53 Å². The van der Waals surface area contributed by atoms with Gasteiger partial charge in [-0.1, -0.05) is 41.4 Å². The number of hydrogen-bond acceptors (Lipinski definition) is 4. The van der Waals surface area contributed by atoms with Gasteiger partial charge in [-0.05, 0) is 58.9 Å². The minimum Gasteiger partial charge on any atom is -0.461 e. The molecule has 0 spiro atoms. The molecule has 1 N–H and O–H groups in total. The van der Waals surface area contributed by atoms with Crippen molar-refractivity contribution >= 4 is 30.0 Å². The van der Waals surface area contributed by atoms with E-state index in [0.717, 1.165) is 28.1 Å². The Morgan fingerprint density at radius 3 is 2.26 bits per heavy atom. The van der Waals surface area contributed by atoms with Gasteiger partial charge in [0, 0.05) is 28.2 Å². The molecule has 0 bridgehead atoms. The van der Waals surface area contributed by atoms with Crippen molar-refractivity contribution in [2.45, 2.75) is 46.7 Å². The molecule has 0 atom stereocenters. The predicted molar refractivity (Wildman–Crippen MR) is 129 cm³/mol. The zero-order chi connectivity index (χ0) is 21.9. The van der Waals surface area contributed by atoms with Crippen molar-refractivity contribution in [1.29, 1.82) is 0 Å². The monoisotopic (exact) mass is 461 g/mol. The Balaban J connectivity index is 0.00000341. The molecule has 0 fully saturated rings. The zero-order valence-electron chi connectivity index (χ0n) is 18.5. The molecule has 2 aromatic carbocycles. The Morgan fingerprint density at radius 1 is 1.10 bits per heavy atom. The molecular formula is C24H29Cl2N3O2. The molecule has 31 heavy (non-hydrogen) atoms. The molecule has 7 heteroatoms. The summed E-state index contributed by atoms with van der Waals surface area (Å²) in [6.07, 6.45) is 0. The predicted octanol–water partition coefficient (Wildman–Crippen LogP) is 5.99. The van der Waals surface area contributed by atoms with Gasteiger partial charge in [-0.25, -0.2) is 9.48 Å². The number of rotatable bonds is 6. The van der Waals surface area contributed by atoms with E-state index in [1.807, 2.05) is 43.3 Å². The SMILES string of the molecule is CCOC(=O)c1nn(-c2ccc(Cl)cc2)c(-c2ccc(C)cc2)c1CNC(C)(C)C.Cl. The first kappa shape index (κ1) is 24.9. The fourth-order valence-electron chi connectivity index (χ4n) is 3.11. The highest BCUT2D eigenvalue weighted by Crippen LogP contribution is 2.31. The third kappa shape index (κ3) is 6.10. The molecule has 0 radical (unpaired) electrons. The molecule has 166 valence electrons. The van der Waals surface area contributed by atoms with E-state index in [1.165, 1.54) is 0 Å². The first-order valence-corrected chi connectivity index (χ1v) is 10.4. The highest BCUT2D eigenvalue weighted by Gasteiger charge is 2.26. The maximum absolute atomic E-state index is 12.8. The molecule has 3 aromatic rings. The van der Waals surface area contributed by atoms with E-state index in [0.29, 0.717) is 23.9 Å². The van der Waals surface area contributed by atoms with Gasteiger partial charge < -0.3 is 10.1 Å². The highest BCUT2D eigenvalue weighted by molar-refractivity contribution is 6.30. The zero-order valence-corrected chi connectivity index (χ0v) is 20.1. The van der Waals surface area contributed by atoms with Crippen LogP contribution in [0.4, 0.5) is 0 Å². The van der Waals surface area contributed by atoms with Gasteiger partial charge >= 0.3 is 5.97 Å². The van der Waals surface area contributed by atoms with Crippen molar-refractivity contribution in [3.63, 3.8) is 0 Å². The number of halogens is 2. The largest absolute Gasteiger partial charge is 0.461 e. The maximum Gasteiger partial charge on any atom is 0.359 e. The van der Waals surface area contributed by atoms with Crippen molar-refractivity contribution in [2.24, 2.45) is 0 Å². The average molecular weight is 462 g/mol. The molecule has 0 amide bonds. The lowest BCUT2D eigenvalue weighted by molar-refractivity contribution is 0.0517. The van der Waals surface area contributed by atoms with Gasteiger partial charge in [0.25, 0.3) is 0 Å². The number of esters is 1. The van der Waals surface area contributed by atoms with Gasteiger partial charge in [-0.15, -0.1) is 12.4 Å². The van der Waals surface area contributed by atoms with Gasteiger partial charge in [0.1, 0.15) is 0 Å². The van der Waals surface area contributed by atoms with Crippen LogP contribution in [0.2, 0.25) is 5.02 Å². The summed E-state index contributed by atoms with van der Waals surface area (Å²) in [4.78, 5) is 12.8. The summed E-state index contributed by atoms with van der Waals surface area (Å²) >= 11 is 6.09. The van der Waals surface area contributed by atoms with Crippen LogP contribution in [0, 0.1) is 6.92 Å². The van der Waals surface area contributed by atoms with E-state index in [-0.39, 0.29) is 17.9 Å². The van der Waals surface area contributed by atoms with E-state index < -0.39 is 5.97 Å². The fraction of sp³-hybridized carbons (Fsp3) is 0.333. The Kier molecular flexibility index (Phi) is 8.29. The van der Waals surface area contributed by atoms with Crippen molar-refractivity contribution in [3.8, 4) is 16.9 Å². The molecule has 0 saturated heterocycles. The molecule has 0 aliphatic heterocycles. The second-order valence-corrected chi connectivity index (χ2v) is 8.69. The molecule has 1 aromatic heterocycles. The summed E-state index contributed by atoms with van der Waals surface area (Å²) in [6, 6.07) is 15.6. The Labute approximate surface area is 195 Å². The van der Waals surface area contributed by atoms with Crippen LogP contribution in [-0.2, 0) is 11.3 Å². The van der Waals surface area contributed by atoms with Gasteiger partial charge in [0.2, 0.25) is 0 Å². The molecule has 0 aliphatic rings. The molecular weight excluding hydrogens is 433 g/mol. The van der Waals surface area contributed by atoms with Crippen LogP contribution in [0.1, 0.15) is 49.3 Å². The molecule has 5 nitrogen and oxygen atoms in total. The topological polar surface area (TPSA) is 56.1 Å². The standard InChI is InChI=1S/C24H28ClN3O2.ClH/c1-6-30-23(29)21-20(15-26-24(3,4)5)22(17-9-7-16(2)8-10-17)28(27-21)19-13-11-18(25)12-14-19;/h7-14,26H,6,15H2,1-5H3;1H. The van der Waals surface area contributed by atoms with Crippen LogP contribution in [0.5, 0.6) is 0 Å². The summed E-state index contributed by atoms with van der Waals surface area (Å²) in [6.45, 7) is 10.9. The lowest BCUT2D eigenvalue weighted by Gasteiger charge is -2.21. The summed E-state index contributed by atoms with van der Waals surface area (Å²) < 4.78 is 7.11. The number of nitrogens with zero attached hydrogens (tertiary/aromatic N) is 2. The number of nitrogens with one attached hydrogen (secondary N) is 1. The number of aryl methyl sites for hydroxylation is 1. The van der Waals surface area contributed by atoms with Crippen molar-refractivity contribution in [3.05, 3.63) is 70.4 Å². The number of carbonyl (C=O) groups is 1. The Morgan fingerprint density at radius 2 is 1.71 bits per heavy atom. The van der Waals surface area contributed by atoms with Crippen LogP contribution in [0.3, 0.4) is 0 Å². The molecule has 1 heterocycles. The first-order chi connectivity index (χ1) is 14.2. The van der Waals surface area contributed by atoms with Crippen LogP contribution in [-0.4, -0.2) is 27.9 Å². The van der Waals surface area contributed by atoms with E-state index >= 15 is 0 Å². The minimum absolute atomic E-state index is 0. The van der Waals surface area contributed by atoms with Gasteiger partial charge in [-0.3, -0.25) is 0 Å². The van der Waals surface area contributed by atoms with E-state index in [1.54, 1.807) is 11.6 Å². The highest BCUT2D eigenvalue weighted by atomic mass is 35.5. The van der Waals surface area contributed by atoms with Gasteiger partial charge in [-0.2, -0.15) is 5.10 Å². The summed E-state index contributed by atoms with van der Waals surface area (Å²) in [5.74, 6) is -0.427. The smallest absolute Gasteiger partial charge is 0.359 e. The number of hydrogen-bond donors (Lipinski definition) is 1. The normalized spacial score (nSPS) is 11.2. The van der Waals surface area contributed by atoms with E-state index in [9.17, 15) is 4.79 Å². The third-order valence-electron chi connectivity index (χ3n) is 4.64. The lowest BCUT2D eigenvalue weighted by atomic mass is 10.0. The van der Waals surface area contributed by atoms with E-state index in [4.69, 9.17) is 16.3 Å². The summed E-state index contributed by atoms with van der Waals surface area (Å²) in [7, 11) is 0. The van der Waals surface area contributed by atoms with Gasteiger partial charge in [0.05, 0.1) is 18.0 Å². The molecule has 0 unspecified atom stereocenters. The van der Waals surface area contributed by atoms with Gasteiger partial charge in [0.15, 0.2) is 5.69 Å². The second-order valence-electron chi connectivity index (χ2n) is 8.25. The second kappa shape index (κ2) is 10.3. The Bertz CT molecular complexity index is 1020. The first-order valence-electron chi connectivity index (χ1n) is 10.1. The number of ether oxygens (including phenoxy) is 1. The van der Waals surface area contributed by atoms with Crippen LogP contribution >= 0.6 is 24.0 Å². The summed E-state index contributed by atoms with van der Waals surface area (Å²) in [5, 5.41) is 8.82. The molecule has 0 aliphatic carbocycles. The minimum atomic E-state index is -0.427. The van der Waals surface area contributed by atoms with E-state index in [2.05, 4.69) is 43.3 Å². The average Bonchev–Trinajstić information content (AvgIpc) is 3.07.